The summed E-state index contributed by atoms with van der Waals surface area (Å²) in [4.78, 5) is 24.4. The Morgan fingerprint density at radius 3 is 2.62 bits per heavy atom. The number of benzene rings is 2. The van der Waals surface area contributed by atoms with Gasteiger partial charge in [-0.1, -0.05) is 29.8 Å². The number of hydrogen-bond donors (Lipinski definition) is 2. The fourth-order valence-corrected chi connectivity index (χ4v) is 3.81. The van der Waals surface area contributed by atoms with Gasteiger partial charge in [0.25, 0.3) is 10.0 Å². The van der Waals surface area contributed by atoms with Crippen LogP contribution in [0.15, 0.2) is 47.4 Å². The van der Waals surface area contributed by atoms with Crippen molar-refractivity contribution in [3.05, 3.63) is 58.6 Å². The predicted molar refractivity (Wildman–Crippen MR) is 97.4 cm³/mol. The number of anilines is 1. The highest BCUT2D eigenvalue weighted by Crippen LogP contribution is 2.23. The number of imide groups is 1. The Labute approximate surface area is 156 Å². The van der Waals surface area contributed by atoms with E-state index in [1.165, 1.54) is 12.1 Å². The highest BCUT2D eigenvalue weighted by Gasteiger charge is 2.28. The van der Waals surface area contributed by atoms with Gasteiger partial charge in [0.1, 0.15) is 0 Å². The summed E-state index contributed by atoms with van der Waals surface area (Å²) in [5, 5.41) is 2.80. The average Bonchev–Trinajstić information content (AvgIpc) is 2.89. The number of sulfonamides is 1. The van der Waals surface area contributed by atoms with Crippen molar-refractivity contribution in [3.8, 4) is 0 Å². The van der Waals surface area contributed by atoms with Crippen LogP contribution in [0.25, 0.3) is 0 Å². The lowest BCUT2D eigenvalue weighted by atomic mass is 10.2. The molecule has 2 N–H and O–H groups in total. The Bertz CT molecular complexity index is 975. The summed E-state index contributed by atoms with van der Waals surface area (Å²) >= 11 is 6.00. The zero-order chi connectivity index (χ0) is 18.9. The molecule has 1 heterocycles. The van der Waals surface area contributed by atoms with Crippen molar-refractivity contribution in [1.82, 2.24) is 10.2 Å². The summed E-state index contributed by atoms with van der Waals surface area (Å²) in [7, 11) is -3.81. The molecular formula is C17H16ClN3O4S. The van der Waals surface area contributed by atoms with E-state index in [0.717, 1.165) is 10.5 Å². The van der Waals surface area contributed by atoms with E-state index >= 15 is 0 Å². The number of urea groups is 1. The van der Waals surface area contributed by atoms with Gasteiger partial charge >= 0.3 is 6.03 Å². The molecule has 0 bridgehead atoms. The lowest BCUT2D eigenvalue weighted by Crippen LogP contribution is -2.30. The molecule has 1 aliphatic rings. The van der Waals surface area contributed by atoms with Crippen LogP contribution in [0.4, 0.5) is 10.5 Å². The van der Waals surface area contributed by atoms with E-state index in [2.05, 4.69) is 10.0 Å². The summed E-state index contributed by atoms with van der Waals surface area (Å²) in [6, 6.07) is 10.5. The van der Waals surface area contributed by atoms with Crippen LogP contribution < -0.4 is 10.0 Å². The fraction of sp³-hybridized carbons (Fsp3) is 0.176. The highest BCUT2D eigenvalue weighted by atomic mass is 35.5. The topological polar surface area (TPSA) is 95.6 Å². The van der Waals surface area contributed by atoms with E-state index in [4.69, 9.17) is 11.6 Å². The summed E-state index contributed by atoms with van der Waals surface area (Å²) in [6.45, 7) is 1.82. The summed E-state index contributed by atoms with van der Waals surface area (Å²) in [6.07, 6.45) is 0. The molecule has 2 aromatic rings. The first-order valence-corrected chi connectivity index (χ1v) is 9.58. The molecule has 3 rings (SSSR count). The summed E-state index contributed by atoms with van der Waals surface area (Å²) < 4.78 is 27.5. The van der Waals surface area contributed by atoms with E-state index in [0.29, 0.717) is 16.3 Å². The van der Waals surface area contributed by atoms with Gasteiger partial charge in [-0.2, -0.15) is 0 Å². The number of amides is 3. The van der Waals surface area contributed by atoms with Crippen molar-refractivity contribution in [2.45, 2.75) is 18.4 Å². The van der Waals surface area contributed by atoms with Gasteiger partial charge < -0.3 is 5.32 Å². The molecule has 9 heteroatoms. The molecule has 0 aromatic heterocycles. The summed E-state index contributed by atoms with van der Waals surface area (Å²) in [5.74, 6) is -0.324. The minimum absolute atomic E-state index is 0.0284. The second-order valence-corrected chi connectivity index (χ2v) is 7.95. The van der Waals surface area contributed by atoms with E-state index in [1.54, 1.807) is 37.3 Å². The van der Waals surface area contributed by atoms with E-state index in [1.807, 2.05) is 0 Å². The average molecular weight is 394 g/mol. The minimum Gasteiger partial charge on any atom is -0.329 e. The third kappa shape index (κ3) is 3.81. The van der Waals surface area contributed by atoms with Gasteiger partial charge in [0, 0.05) is 10.7 Å². The van der Waals surface area contributed by atoms with Crippen molar-refractivity contribution in [2.24, 2.45) is 0 Å². The maximum Gasteiger partial charge on any atom is 0.324 e. The molecule has 0 unspecified atom stereocenters. The van der Waals surface area contributed by atoms with E-state index in [-0.39, 0.29) is 23.9 Å². The van der Waals surface area contributed by atoms with Crippen LogP contribution in [0.2, 0.25) is 5.02 Å². The standard InChI is InChI=1S/C17H16ClN3O4S/c1-11-5-6-14(8-15(11)18)26(24,25)20-13-4-2-3-12(7-13)10-21-16(22)9-19-17(21)23/h2-8,20H,9-10H2,1H3,(H,19,23). The number of hydrogen-bond acceptors (Lipinski definition) is 4. The number of nitrogens with one attached hydrogen (secondary N) is 2. The minimum atomic E-state index is -3.81. The molecule has 0 spiro atoms. The van der Waals surface area contributed by atoms with E-state index in [9.17, 15) is 18.0 Å². The maximum absolute atomic E-state index is 12.5. The van der Waals surface area contributed by atoms with Crippen molar-refractivity contribution in [2.75, 3.05) is 11.3 Å². The van der Waals surface area contributed by atoms with Gasteiger partial charge in [-0.05, 0) is 42.3 Å². The highest BCUT2D eigenvalue weighted by molar-refractivity contribution is 7.92. The fourth-order valence-electron chi connectivity index (χ4n) is 2.49. The zero-order valence-electron chi connectivity index (χ0n) is 13.8. The van der Waals surface area contributed by atoms with Crippen LogP contribution in [0.3, 0.4) is 0 Å². The number of carbonyl (C=O) groups excluding carboxylic acids is 2. The predicted octanol–water partition coefficient (Wildman–Crippen LogP) is 2.50. The lowest BCUT2D eigenvalue weighted by Gasteiger charge is -2.14. The second kappa shape index (κ2) is 6.97. The molecule has 0 saturated carbocycles. The van der Waals surface area contributed by atoms with Crippen LogP contribution in [0.1, 0.15) is 11.1 Å². The maximum atomic E-state index is 12.5. The number of halogens is 1. The van der Waals surface area contributed by atoms with Gasteiger partial charge in [0.15, 0.2) is 0 Å². The molecule has 136 valence electrons. The molecule has 0 atom stereocenters. The zero-order valence-corrected chi connectivity index (χ0v) is 15.4. The van der Waals surface area contributed by atoms with Crippen LogP contribution in [0.5, 0.6) is 0 Å². The van der Waals surface area contributed by atoms with Gasteiger partial charge in [-0.3, -0.25) is 14.4 Å². The number of aryl methyl sites for hydroxylation is 1. The van der Waals surface area contributed by atoms with Crippen LogP contribution in [-0.2, 0) is 21.4 Å². The number of carbonyl (C=O) groups is 2. The SMILES string of the molecule is Cc1ccc(S(=O)(=O)Nc2cccc(CN3C(=O)CNC3=O)c2)cc1Cl. The first kappa shape index (κ1) is 18.2. The van der Waals surface area contributed by atoms with Crippen molar-refractivity contribution in [1.29, 1.82) is 0 Å². The Kier molecular flexibility index (Phi) is 4.88. The molecule has 2 aromatic carbocycles. The molecule has 0 radical (unpaired) electrons. The van der Waals surface area contributed by atoms with E-state index < -0.39 is 16.1 Å². The quantitative estimate of drug-likeness (QED) is 0.763. The molecule has 7 nitrogen and oxygen atoms in total. The first-order chi connectivity index (χ1) is 12.3. The molecule has 1 aliphatic heterocycles. The van der Waals surface area contributed by atoms with Crippen LogP contribution in [-0.4, -0.2) is 31.8 Å². The third-order valence-corrected chi connectivity index (χ3v) is 5.70. The normalized spacial score (nSPS) is 14.5. The molecule has 1 saturated heterocycles. The first-order valence-electron chi connectivity index (χ1n) is 7.72. The Hall–Kier alpha value is -2.58. The molecule has 3 amide bonds. The van der Waals surface area contributed by atoms with Gasteiger partial charge in [0.2, 0.25) is 5.91 Å². The van der Waals surface area contributed by atoms with Crippen LogP contribution >= 0.6 is 11.6 Å². The molecule has 26 heavy (non-hydrogen) atoms. The van der Waals surface area contributed by atoms with Crippen molar-refractivity contribution >= 4 is 39.2 Å². The molecule has 0 aliphatic carbocycles. The van der Waals surface area contributed by atoms with Gasteiger partial charge in [-0.15, -0.1) is 0 Å². The molecular weight excluding hydrogens is 378 g/mol. The van der Waals surface area contributed by atoms with Crippen molar-refractivity contribution in [3.63, 3.8) is 0 Å². The number of rotatable bonds is 5. The number of nitrogens with zero attached hydrogens (tertiary/aromatic N) is 1. The van der Waals surface area contributed by atoms with Crippen LogP contribution in [0, 0.1) is 6.92 Å². The lowest BCUT2D eigenvalue weighted by molar-refractivity contribution is -0.125. The third-order valence-electron chi connectivity index (χ3n) is 3.91. The smallest absolute Gasteiger partial charge is 0.324 e. The summed E-state index contributed by atoms with van der Waals surface area (Å²) in [5.41, 5.74) is 1.73. The Balaban J connectivity index is 1.80. The van der Waals surface area contributed by atoms with Gasteiger partial charge in [-0.25, -0.2) is 13.2 Å². The monoisotopic (exact) mass is 393 g/mol. The Morgan fingerprint density at radius 2 is 1.96 bits per heavy atom. The largest absolute Gasteiger partial charge is 0.329 e. The van der Waals surface area contributed by atoms with Crippen molar-refractivity contribution < 1.29 is 18.0 Å². The van der Waals surface area contributed by atoms with Gasteiger partial charge in [0.05, 0.1) is 18.0 Å². The Morgan fingerprint density at radius 1 is 1.19 bits per heavy atom. The molecule has 1 fully saturated rings. The second-order valence-electron chi connectivity index (χ2n) is 5.86.